The molecule has 0 unspecified atom stereocenters. The van der Waals surface area contributed by atoms with E-state index in [2.05, 4.69) is 0 Å². The number of hydrogen-bond donors (Lipinski definition) is 2. The van der Waals surface area contributed by atoms with Gasteiger partial charge in [0, 0.05) is 43.7 Å². The van der Waals surface area contributed by atoms with Crippen molar-refractivity contribution in [1.29, 1.82) is 0 Å². The molecule has 1 heterocycles. The van der Waals surface area contributed by atoms with Crippen LogP contribution in [0.2, 0.25) is 0 Å². The van der Waals surface area contributed by atoms with E-state index in [1.807, 2.05) is 146 Å². The molecule has 49 heavy (non-hydrogen) atoms. The summed E-state index contributed by atoms with van der Waals surface area (Å²) in [5.41, 5.74) is 14.6. The highest BCUT2D eigenvalue weighted by molar-refractivity contribution is 7.94. The van der Waals surface area contributed by atoms with Crippen LogP contribution in [0, 0.1) is 0 Å². The minimum atomic E-state index is -3.90. The molecule has 6 aromatic carbocycles. The molecule has 1 aromatic heterocycles. The van der Waals surface area contributed by atoms with Crippen LogP contribution in [0.25, 0.3) is 22.8 Å². The van der Waals surface area contributed by atoms with Crippen LogP contribution in [-0.2, 0) is 9.13 Å². The molecular formula is C40H33N5O2P2. The van der Waals surface area contributed by atoms with Gasteiger partial charge in [-0.15, -0.1) is 0 Å². The highest BCUT2D eigenvalue weighted by Crippen LogP contribution is 2.74. The molecule has 0 aliphatic heterocycles. The number of hydrogen-bond acceptors (Lipinski definition) is 7. The van der Waals surface area contributed by atoms with Gasteiger partial charge in [-0.2, -0.15) is 0 Å². The molecule has 0 saturated carbocycles. The van der Waals surface area contributed by atoms with Gasteiger partial charge in [0.05, 0.1) is 0 Å². The molecule has 0 radical (unpaired) electrons. The van der Waals surface area contributed by atoms with Crippen molar-refractivity contribution >= 4 is 46.9 Å². The maximum atomic E-state index is 16.6. The molecule has 7 nitrogen and oxygen atoms in total. The SMILES string of the molecule is Nc1ccc(-c2nc(-c3ccc(N)cc3)nc(C(P(=O)(c3ccccc3)c3ccccc3)P(=O)(c3ccccc3)c3ccccc3)n2)cc1. The normalized spacial score (nSPS) is 11.8. The zero-order valence-electron chi connectivity index (χ0n) is 26.5. The summed E-state index contributed by atoms with van der Waals surface area (Å²) in [6.45, 7) is 0. The monoisotopic (exact) mass is 677 g/mol. The van der Waals surface area contributed by atoms with Gasteiger partial charge in [0.15, 0.2) is 31.8 Å². The minimum absolute atomic E-state index is 0.153. The number of nitrogens with two attached hydrogens (primary N) is 2. The summed E-state index contributed by atoms with van der Waals surface area (Å²) in [4.78, 5) is 15.0. The van der Waals surface area contributed by atoms with Gasteiger partial charge in [-0.3, -0.25) is 0 Å². The highest BCUT2D eigenvalue weighted by Gasteiger charge is 2.52. The summed E-state index contributed by atoms with van der Waals surface area (Å²) in [6, 6.07) is 51.5. The third kappa shape index (κ3) is 6.11. The molecule has 7 aromatic rings. The van der Waals surface area contributed by atoms with Crippen molar-refractivity contribution < 1.29 is 9.13 Å². The van der Waals surface area contributed by atoms with Gasteiger partial charge in [0.25, 0.3) is 0 Å². The first-order valence-electron chi connectivity index (χ1n) is 15.8. The van der Waals surface area contributed by atoms with Gasteiger partial charge >= 0.3 is 0 Å². The van der Waals surface area contributed by atoms with Gasteiger partial charge in [0.1, 0.15) is 5.40 Å². The number of anilines is 2. The van der Waals surface area contributed by atoms with Gasteiger partial charge in [-0.05, 0) is 48.5 Å². The largest absolute Gasteiger partial charge is 0.399 e. The lowest BCUT2D eigenvalue weighted by atomic mass is 10.1. The molecule has 7 rings (SSSR count). The molecule has 0 aliphatic carbocycles. The number of nitrogen functional groups attached to an aromatic ring is 2. The minimum Gasteiger partial charge on any atom is -0.399 e. The van der Waals surface area contributed by atoms with E-state index in [0.29, 0.717) is 55.4 Å². The van der Waals surface area contributed by atoms with Crippen molar-refractivity contribution in [3.63, 3.8) is 0 Å². The quantitative estimate of drug-likeness (QED) is 0.121. The predicted octanol–water partition coefficient (Wildman–Crippen LogP) is 7.40. The summed E-state index contributed by atoms with van der Waals surface area (Å²) in [5.74, 6) is 0.824. The van der Waals surface area contributed by atoms with Crippen LogP contribution in [-0.4, -0.2) is 15.0 Å². The molecular weight excluding hydrogens is 644 g/mol. The lowest BCUT2D eigenvalue weighted by Gasteiger charge is -2.34. The fourth-order valence-electron chi connectivity index (χ4n) is 6.05. The van der Waals surface area contributed by atoms with Crippen molar-refractivity contribution in [2.45, 2.75) is 5.40 Å². The van der Waals surface area contributed by atoms with Gasteiger partial charge in [0.2, 0.25) is 0 Å². The van der Waals surface area contributed by atoms with Crippen molar-refractivity contribution in [2.24, 2.45) is 0 Å². The molecule has 0 amide bonds. The van der Waals surface area contributed by atoms with Gasteiger partial charge < -0.3 is 20.6 Å². The summed E-state index contributed by atoms with van der Waals surface area (Å²) >= 11 is 0. The zero-order chi connectivity index (χ0) is 33.8. The van der Waals surface area contributed by atoms with E-state index in [4.69, 9.17) is 26.4 Å². The van der Waals surface area contributed by atoms with E-state index in [9.17, 15) is 0 Å². The zero-order valence-corrected chi connectivity index (χ0v) is 28.2. The van der Waals surface area contributed by atoms with Gasteiger partial charge in [-0.25, -0.2) is 15.0 Å². The van der Waals surface area contributed by atoms with Crippen molar-refractivity contribution in [2.75, 3.05) is 11.5 Å². The summed E-state index contributed by atoms with van der Waals surface area (Å²) in [7, 11) is -7.81. The Labute approximate surface area is 285 Å². The van der Waals surface area contributed by atoms with Crippen LogP contribution in [0.1, 0.15) is 11.2 Å². The van der Waals surface area contributed by atoms with E-state index in [1.165, 1.54) is 0 Å². The lowest BCUT2D eigenvalue weighted by Crippen LogP contribution is -2.29. The topological polar surface area (TPSA) is 125 Å². The average molecular weight is 678 g/mol. The highest BCUT2D eigenvalue weighted by atomic mass is 31.2. The fraction of sp³-hybridized carbons (Fsp3) is 0.0250. The smallest absolute Gasteiger partial charge is 0.163 e. The third-order valence-electron chi connectivity index (χ3n) is 8.47. The summed E-state index contributed by atoms with van der Waals surface area (Å²) < 4.78 is 33.2. The Balaban J connectivity index is 1.64. The first kappa shape index (κ1) is 32.0. The number of nitrogens with zero attached hydrogens (tertiary/aromatic N) is 3. The first-order valence-corrected chi connectivity index (χ1v) is 19.3. The van der Waals surface area contributed by atoms with E-state index < -0.39 is 19.7 Å². The Morgan fingerprint density at radius 2 is 0.673 bits per heavy atom. The second kappa shape index (κ2) is 13.5. The molecule has 0 aliphatic rings. The Bertz CT molecular complexity index is 2040. The van der Waals surface area contributed by atoms with Crippen molar-refractivity contribution in [3.8, 4) is 22.8 Å². The lowest BCUT2D eigenvalue weighted by molar-refractivity contribution is 0.572. The Morgan fingerprint density at radius 1 is 0.388 bits per heavy atom. The Kier molecular flexibility index (Phi) is 8.79. The molecule has 0 atom stereocenters. The number of rotatable bonds is 9. The van der Waals surface area contributed by atoms with Crippen LogP contribution < -0.4 is 32.7 Å². The molecule has 0 saturated heterocycles. The van der Waals surface area contributed by atoms with E-state index in [-0.39, 0.29) is 5.82 Å². The standard InChI is InChI=1S/C40H33N5O2P2/c41-31-25-21-29(22-26-31)37-43-38(30-23-27-32(42)28-24-30)45-39(44-37)40(48(46,33-13-5-1-6-14-33)34-15-7-2-8-16-34)49(47,35-17-9-3-10-18-35)36-19-11-4-12-20-36/h1-28,40H,41-42H2. The van der Waals surface area contributed by atoms with Crippen LogP contribution >= 0.6 is 14.3 Å². The summed E-state index contributed by atoms with van der Waals surface area (Å²) in [6.07, 6.45) is 0. The third-order valence-corrected chi connectivity index (χ3v) is 16.5. The second-order valence-electron chi connectivity index (χ2n) is 11.6. The Hall–Kier alpha value is -5.61. The molecule has 0 fully saturated rings. The van der Waals surface area contributed by atoms with Crippen LogP contribution in [0.5, 0.6) is 0 Å². The maximum Gasteiger partial charge on any atom is 0.163 e. The molecule has 240 valence electrons. The predicted molar refractivity (Wildman–Crippen MR) is 202 cm³/mol. The number of aromatic nitrogens is 3. The van der Waals surface area contributed by atoms with E-state index >= 15 is 9.13 Å². The van der Waals surface area contributed by atoms with Gasteiger partial charge in [-0.1, -0.05) is 121 Å². The summed E-state index contributed by atoms with van der Waals surface area (Å²) in [5, 5.41) is 0.949. The van der Waals surface area contributed by atoms with Crippen molar-refractivity contribution in [3.05, 3.63) is 176 Å². The first-order chi connectivity index (χ1) is 23.9. The van der Waals surface area contributed by atoms with Crippen LogP contribution in [0.15, 0.2) is 170 Å². The Morgan fingerprint density at radius 3 is 0.959 bits per heavy atom. The van der Waals surface area contributed by atoms with E-state index in [0.717, 1.165) is 0 Å². The maximum absolute atomic E-state index is 16.6. The second-order valence-corrected chi connectivity index (χ2v) is 17.8. The van der Waals surface area contributed by atoms with Crippen molar-refractivity contribution in [1.82, 2.24) is 15.0 Å². The molecule has 0 bridgehead atoms. The van der Waals surface area contributed by atoms with Crippen LogP contribution in [0.3, 0.4) is 0 Å². The molecule has 4 N–H and O–H groups in total. The fourth-order valence-corrected chi connectivity index (χ4v) is 14.5. The average Bonchev–Trinajstić information content (AvgIpc) is 3.16. The van der Waals surface area contributed by atoms with Crippen LogP contribution in [0.4, 0.5) is 11.4 Å². The molecule has 0 spiro atoms. The van der Waals surface area contributed by atoms with E-state index in [1.54, 1.807) is 24.3 Å². The number of benzene rings is 6. The molecule has 9 heteroatoms.